The number of carbonyl (C=O) groups is 1. The molecule has 6 heteroatoms. The minimum Gasteiger partial charge on any atom is -0.322 e. The summed E-state index contributed by atoms with van der Waals surface area (Å²) in [6, 6.07) is 20.4. The van der Waals surface area contributed by atoms with E-state index >= 15 is 0 Å². The van der Waals surface area contributed by atoms with Gasteiger partial charge in [0, 0.05) is 16.9 Å². The number of para-hydroxylation sites is 1. The molecule has 0 aliphatic carbocycles. The molecule has 0 heterocycles. The van der Waals surface area contributed by atoms with Crippen LogP contribution in [0.15, 0.2) is 77.7 Å². The van der Waals surface area contributed by atoms with Crippen LogP contribution in [-0.4, -0.2) is 14.3 Å². The first-order chi connectivity index (χ1) is 12.8. The first-order valence-electron chi connectivity index (χ1n) is 8.41. The van der Waals surface area contributed by atoms with Gasteiger partial charge in [-0.25, -0.2) is 8.42 Å². The average molecular weight is 380 g/mol. The second-order valence-electron chi connectivity index (χ2n) is 6.33. The molecule has 0 atom stereocenters. The molecule has 1 amide bonds. The Kier molecular flexibility index (Phi) is 5.28. The third-order valence-corrected chi connectivity index (χ3v) is 5.33. The molecule has 3 aromatic carbocycles. The fourth-order valence-corrected chi connectivity index (χ4v) is 3.80. The summed E-state index contributed by atoms with van der Waals surface area (Å²) in [4.78, 5) is 12.4. The third kappa shape index (κ3) is 4.74. The van der Waals surface area contributed by atoms with E-state index in [9.17, 15) is 13.2 Å². The molecule has 0 aliphatic rings. The molecule has 0 aliphatic heterocycles. The van der Waals surface area contributed by atoms with Gasteiger partial charge in [-0.3, -0.25) is 9.52 Å². The maximum absolute atomic E-state index is 12.6. The highest BCUT2D eigenvalue weighted by Gasteiger charge is 2.15. The van der Waals surface area contributed by atoms with Crippen LogP contribution < -0.4 is 10.0 Å². The van der Waals surface area contributed by atoms with Gasteiger partial charge in [0.2, 0.25) is 0 Å². The molecule has 0 bridgehead atoms. The van der Waals surface area contributed by atoms with Crippen molar-refractivity contribution in [2.75, 3.05) is 10.0 Å². The topological polar surface area (TPSA) is 75.3 Å². The Labute approximate surface area is 159 Å². The molecule has 0 saturated carbocycles. The summed E-state index contributed by atoms with van der Waals surface area (Å²) in [5, 5.41) is 2.76. The molecule has 0 spiro atoms. The monoisotopic (exact) mass is 380 g/mol. The van der Waals surface area contributed by atoms with E-state index in [0.29, 0.717) is 16.9 Å². The molecule has 3 aromatic rings. The van der Waals surface area contributed by atoms with Crippen molar-refractivity contribution in [1.29, 1.82) is 0 Å². The normalized spacial score (nSPS) is 11.0. The van der Waals surface area contributed by atoms with Crippen LogP contribution in [0.3, 0.4) is 0 Å². The van der Waals surface area contributed by atoms with Crippen LogP contribution in [0.25, 0.3) is 0 Å². The molecule has 3 rings (SSSR count). The second kappa shape index (κ2) is 7.63. The maximum Gasteiger partial charge on any atom is 0.261 e. The number of aryl methyl sites for hydroxylation is 2. The molecule has 0 aromatic heterocycles. The van der Waals surface area contributed by atoms with Gasteiger partial charge in [0.15, 0.2) is 0 Å². The highest BCUT2D eigenvalue weighted by molar-refractivity contribution is 7.92. The predicted molar refractivity (Wildman–Crippen MR) is 108 cm³/mol. The smallest absolute Gasteiger partial charge is 0.261 e. The van der Waals surface area contributed by atoms with Crippen molar-refractivity contribution in [1.82, 2.24) is 0 Å². The van der Waals surface area contributed by atoms with Gasteiger partial charge in [0.25, 0.3) is 15.9 Å². The summed E-state index contributed by atoms with van der Waals surface area (Å²) < 4.78 is 27.7. The lowest BCUT2D eigenvalue weighted by atomic mass is 10.1. The summed E-state index contributed by atoms with van der Waals surface area (Å²) in [5.41, 5.74) is 3.51. The van der Waals surface area contributed by atoms with Crippen LogP contribution in [0.5, 0.6) is 0 Å². The van der Waals surface area contributed by atoms with Crippen LogP contribution in [0.2, 0.25) is 0 Å². The minimum atomic E-state index is -3.73. The van der Waals surface area contributed by atoms with Crippen molar-refractivity contribution in [3.05, 3.63) is 89.5 Å². The number of benzene rings is 3. The maximum atomic E-state index is 12.6. The van der Waals surface area contributed by atoms with E-state index in [1.54, 1.807) is 24.3 Å². The number of nitrogens with one attached hydrogen (secondary N) is 2. The number of hydrogen-bond donors (Lipinski definition) is 2. The van der Waals surface area contributed by atoms with Gasteiger partial charge in [-0.05, 0) is 73.5 Å². The Bertz CT molecular complexity index is 1040. The van der Waals surface area contributed by atoms with E-state index in [1.165, 1.54) is 24.3 Å². The van der Waals surface area contributed by atoms with Crippen molar-refractivity contribution in [2.45, 2.75) is 18.7 Å². The second-order valence-corrected chi connectivity index (χ2v) is 8.01. The van der Waals surface area contributed by atoms with Crippen molar-refractivity contribution in [2.24, 2.45) is 0 Å². The quantitative estimate of drug-likeness (QED) is 0.691. The Morgan fingerprint density at radius 2 is 1.37 bits per heavy atom. The lowest BCUT2D eigenvalue weighted by Gasteiger charge is -2.10. The molecular formula is C21H20N2O3S. The largest absolute Gasteiger partial charge is 0.322 e. The number of amides is 1. The zero-order valence-corrected chi connectivity index (χ0v) is 15.9. The minimum absolute atomic E-state index is 0.0953. The van der Waals surface area contributed by atoms with Gasteiger partial charge in [-0.2, -0.15) is 0 Å². The Morgan fingerprint density at radius 3 is 1.96 bits per heavy atom. The van der Waals surface area contributed by atoms with Gasteiger partial charge in [-0.1, -0.05) is 24.3 Å². The van der Waals surface area contributed by atoms with Gasteiger partial charge in [0.1, 0.15) is 0 Å². The summed E-state index contributed by atoms with van der Waals surface area (Å²) in [5.74, 6) is -0.299. The van der Waals surface area contributed by atoms with E-state index < -0.39 is 10.0 Å². The predicted octanol–water partition coefficient (Wildman–Crippen LogP) is 4.36. The molecule has 0 radical (unpaired) electrons. The molecule has 5 nitrogen and oxygen atoms in total. The van der Waals surface area contributed by atoms with Gasteiger partial charge in [-0.15, -0.1) is 0 Å². The van der Waals surface area contributed by atoms with Crippen molar-refractivity contribution in [3.8, 4) is 0 Å². The zero-order chi connectivity index (χ0) is 19.4. The Morgan fingerprint density at radius 1 is 0.778 bits per heavy atom. The van der Waals surface area contributed by atoms with E-state index in [-0.39, 0.29) is 10.8 Å². The van der Waals surface area contributed by atoms with Crippen LogP contribution in [0.4, 0.5) is 11.4 Å². The summed E-state index contributed by atoms with van der Waals surface area (Å²) in [6.45, 7) is 3.82. The zero-order valence-electron chi connectivity index (χ0n) is 15.1. The van der Waals surface area contributed by atoms with Crippen LogP contribution in [0, 0.1) is 13.8 Å². The third-order valence-electron chi connectivity index (χ3n) is 3.93. The van der Waals surface area contributed by atoms with E-state index in [1.807, 2.05) is 38.1 Å². The molecule has 0 unspecified atom stereocenters. The van der Waals surface area contributed by atoms with Crippen LogP contribution in [-0.2, 0) is 10.0 Å². The number of carbonyl (C=O) groups excluding carboxylic acids is 1. The van der Waals surface area contributed by atoms with E-state index in [2.05, 4.69) is 10.0 Å². The first-order valence-corrected chi connectivity index (χ1v) is 9.89. The van der Waals surface area contributed by atoms with Gasteiger partial charge >= 0.3 is 0 Å². The number of rotatable bonds is 5. The van der Waals surface area contributed by atoms with Crippen LogP contribution >= 0.6 is 0 Å². The first kappa shape index (κ1) is 18.7. The molecule has 138 valence electrons. The van der Waals surface area contributed by atoms with Crippen molar-refractivity contribution in [3.63, 3.8) is 0 Å². The number of anilines is 2. The Hall–Kier alpha value is -3.12. The lowest BCUT2D eigenvalue weighted by molar-refractivity contribution is 0.102. The summed E-state index contributed by atoms with van der Waals surface area (Å²) >= 11 is 0. The fourth-order valence-electron chi connectivity index (χ4n) is 2.76. The lowest BCUT2D eigenvalue weighted by Crippen LogP contribution is -2.15. The number of sulfonamides is 1. The Balaban J connectivity index is 1.76. The highest BCUT2D eigenvalue weighted by Crippen LogP contribution is 2.19. The molecule has 0 saturated heterocycles. The summed E-state index contributed by atoms with van der Waals surface area (Å²) in [7, 11) is -3.73. The average Bonchev–Trinajstić information content (AvgIpc) is 2.61. The van der Waals surface area contributed by atoms with Crippen LogP contribution in [0.1, 0.15) is 21.5 Å². The molecule has 2 N–H and O–H groups in total. The standard InChI is InChI=1S/C21H20N2O3S/c1-15-12-16(2)14-19(13-15)23-27(25,26)20-10-8-17(9-11-20)21(24)22-18-6-4-3-5-7-18/h3-14,23H,1-2H3,(H,22,24). The summed E-state index contributed by atoms with van der Waals surface area (Å²) in [6.07, 6.45) is 0. The molecule has 0 fully saturated rings. The molecular weight excluding hydrogens is 360 g/mol. The van der Waals surface area contributed by atoms with E-state index in [0.717, 1.165) is 11.1 Å². The van der Waals surface area contributed by atoms with Gasteiger partial charge in [0.05, 0.1) is 4.90 Å². The van der Waals surface area contributed by atoms with Crippen molar-refractivity contribution >= 4 is 27.3 Å². The van der Waals surface area contributed by atoms with E-state index in [4.69, 9.17) is 0 Å². The van der Waals surface area contributed by atoms with Gasteiger partial charge < -0.3 is 5.32 Å². The molecule has 27 heavy (non-hydrogen) atoms. The highest BCUT2D eigenvalue weighted by atomic mass is 32.2. The van der Waals surface area contributed by atoms with Crippen molar-refractivity contribution < 1.29 is 13.2 Å². The number of hydrogen-bond acceptors (Lipinski definition) is 3. The fraction of sp³-hybridized carbons (Fsp3) is 0.0952. The SMILES string of the molecule is Cc1cc(C)cc(NS(=O)(=O)c2ccc(C(=O)Nc3ccccc3)cc2)c1.